The average molecular weight is 252 g/mol. The smallest absolute Gasteiger partial charge is 0.294 e. The highest BCUT2D eigenvalue weighted by molar-refractivity contribution is 5.89. The quantitative estimate of drug-likeness (QED) is 0.528. The fourth-order valence-corrected chi connectivity index (χ4v) is 2.28. The van der Waals surface area contributed by atoms with Crippen LogP contribution in [0.25, 0.3) is 10.9 Å². The van der Waals surface area contributed by atoms with Gasteiger partial charge >= 0.3 is 0 Å². The Balaban J connectivity index is 2.11. The molecule has 2 aromatic carbocycles. The van der Waals surface area contributed by atoms with Crippen LogP contribution in [0.3, 0.4) is 0 Å². The molecule has 4 nitrogen and oxygen atoms in total. The number of rotatable bonds is 3. The summed E-state index contributed by atoms with van der Waals surface area (Å²) in [5.74, 6) is 0. The van der Waals surface area contributed by atoms with Crippen molar-refractivity contribution in [1.82, 2.24) is 4.57 Å². The molecule has 0 unspecified atom stereocenters. The molecule has 4 heteroatoms. The van der Waals surface area contributed by atoms with E-state index in [1.165, 1.54) is 0 Å². The first-order chi connectivity index (χ1) is 9.25. The number of para-hydroxylation sites is 1. The SMILES string of the molecule is O=[N+]([O-])c1cn(Cc2ccccc2)c2ccccc12. The first-order valence-electron chi connectivity index (χ1n) is 6.02. The van der Waals surface area contributed by atoms with Crippen LogP contribution in [-0.2, 0) is 6.54 Å². The van der Waals surface area contributed by atoms with E-state index in [1.54, 1.807) is 12.3 Å². The van der Waals surface area contributed by atoms with Gasteiger partial charge in [0, 0.05) is 6.54 Å². The zero-order valence-corrected chi connectivity index (χ0v) is 10.2. The minimum absolute atomic E-state index is 0.159. The van der Waals surface area contributed by atoms with Gasteiger partial charge in [0.15, 0.2) is 0 Å². The summed E-state index contributed by atoms with van der Waals surface area (Å²) in [6, 6.07) is 17.3. The van der Waals surface area contributed by atoms with Gasteiger partial charge in [-0.15, -0.1) is 0 Å². The molecule has 0 aliphatic carbocycles. The lowest BCUT2D eigenvalue weighted by molar-refractivity contribution is -0.383. The molecule has 1 aromatic heterocycles. The molecule has 0 atom stereocenters. The molecular formula is C15H12N2O2. The maximum Gasteiger partial charge on any atom is 0.294 e. The maximum atomic E-state index is 11.1. The predicted molar refractivity (Wildman–Crippen MR) is 74.1 cm³/mol. The van der Waals surface area contributed by atoms with Crippen molar-refractivity contribution in [2.45, 2.75) is 6.54 Å². The fraction of sp³-hybridized carbons (Fsp3) is 0.0667. The molecule has 0 bridgehead atoms. The molecule has 0 aliphatic heterocycles. The second-order valence-corrected chi connectivity index (χ2v) is 4.40. The van der Waals surface area contributed by atoms with E-state index >= 15 is 0 Å². The summed E-state index contributed by atoms with van der Waals surface area (Å²) in [4.78, 5) is 10.7. The molecular weight excluding hydrogens is 240 g/mol. The lowest BCUT2D eigenvalue weighted by atomic mass is 10.2. The van der Waals surface area contributed by atoms with Gasteiger partial charge in [-0.1, -0.05) is 42.5 Å². The molecule has 0 radical (unpaired) electrons. The summed E-state index contributed by atoms with van der Waals surface area (Å²) < 4.78 is 1.92. The third-order valence-corrected chi connectivity index (χ3v) is 3.16. The van der Waals surface area contributed by atoms with Crippen molar-refractivity contribution in [2.75, 3.05) is 0 Å². The minimum atomic E-state index is -0.330. The number of hydrogen-bond donors (Lipinski definition) is 0. The van der Waals surface area contributed by atoms with Crippen LogP contribution in [0.1, 0.15) is 5.56 Å². The summed E-state index contributed by atoms with van der Waals surface area (Å²) in [6.45, 7) is 0.634. The molecule has 3 aromatic rings. The molecule has 3 rings (SSSR count). The summed E-state index contributed by atoms with van der Waals surface area (Å²) in [5, 5.41) is 11.8. The van der Waals surface area contributed by atoms with E-state index in [0.717, 1.165) is 11.1 Å². The van der Waals surface area contributed by atoms with Crippen LogP contribution in [-0.4, -0.2) is 9.49 Å². The monoisotopic (exact) mass is 252 g/mol. The van der Waals surface area contributed by atoms with E-state index < -0.39 is 0 Å². The molecule has 0 N–H and O–H groups in total. The van der Waals surface area contributed by atoms with Crippen LogP contribution in [0.5, 0.6) is 0 Å². The van der Waals surface area contributed by atoms with Crippen molar-refractivity contribution in [2.24, 2.45) is 0 Å². The third-order valence-electron chi connectivity index (χ3n) is 3.16. The van der Waals surface area contributed by atoms with Crippen molar-refractivity contribution < 1.29 is 4.92 Å². The number of hydrogen-bond acceptors (Lipinski definition) is 2. The minimum Gasteiger partial charge on any atom is -0.337 e. The largest absolute Gasteiger partial charge is 0.337 e. The zero-order chi connectivity index (χ0) is 13.2. The predicted octanol–water partition coefficient (Wildman–Crippen LogP) is 3.60. The highest BCUT2D eigenvalue weighted by atomic mass is 16.6. The van der Waals surface area contributed by atoms with Crippen molar-refractivity contribution in [3.8, 4) is 0 Å². The van der Waals surface area contributed by atoms with Gasteiger partial charge < -0.3 is 4.57 Å². The number of aromatic nitrogens is 1. The van der Waals surface area contributed by atoms with E-state index in [9.17, 15) is 10.1 Å². The van der Waals surface area contributed by atoms with Crippen molar-refractivity contribution in [3.63, 3.8) is 0 Å². The van der Waals surface area contributed by atoms with Crippen LogP contribution < -0.4 is 0 Å². The van der Waals surface area contributed by atoms with Gasteiger partial charge in [-0.25, -0.2) is 0 Å². The summed E-state index contributed by atoms with van der Waals surface area (Å²) >= 11 is 0. The first-order valence-corrected chi connectivity index (χ1v) is 6.02. The number of nitrogens with zero attached hydrogens (tertiary/aromatic N) is 2. The van der Waals surface area contributed by atoms with Gasteiger partial charge in [-0.05, 0) is 17.7 Å². The van der Waals surface area contributed by atoms with E-state index in [1.807, 2.05) is 53.1 Å². The standard InChI is InChI=1S/C15H12N2O2/c18-17(19)15-11-16(10-12-6-2-1-3-7-12)14-9-5-4-8-13(14)15/h1-9,11H,10H2. The van der Waals surface area contributed by atoms with Gasteiger partial charge in [-0.3, -0.25) is 10.1 Å². The van der Waals surface area contributed by atoms with Gasteiger partial charge in [-0.2, -0.15) is 0 Å². The topological polar surface area (TPSA) is 48.1 Å². The highest BCUT2D eigenvalue weighted by Gasteiger charge is 2.16. The van der Waals surface area contributed by atoms with Crippen molar-refractivity contribution >= 4 is 16.6 Å². The van der Waals surface area contributed by atoms with Crippen molar-refractivity contribution in [3.05, 3.63) is 76.5 Å². The second kappa shape index (κ2) is 4.57. The Bertz CT molecular complexity index is 732. The Kier molecular flexibility index (Phi) is 2.76. The lowest BCUT2D eigenvalue weighted by Gasteiger charge is -2.04. The Morgan fingerprint density at radius 2 is 1.68 bits per heavy atom. The molecule has 0 spiro atoms. The fourth-order valence-electron chi connectivity index (χ4n) is 2.28. The van der Waals surface area contributed by atoms with E-state index in [0.29, 0.717) is 11.9 Å². The highest BCUT2D eigenvalue weighted by Crippen LogP contribution is 2.28. The molecule has 1 heterocycles. The summed E-state index contributed by atoms with van der Waals surface area (Å²) in [5.41, 5.74) is 2.17. The van der Waals surface area contributed by atoms with Gasteiger partial charge in [0.05, 0.1) is 22.0 Å². The lowest BCUT2D eigenvalue weighted by Crippen LogP contribution is -1.97. The van der Waals surface area contributed by atoms with Crippen LogP contribution in [0.4, 0.5) is 5.69 Å². The third kappa shape index (κ3) is 2.08. The zero-order valence-electron chi connectivity index (χ0n) is 10.2. The molecule has 19 heavy (non-hydrogen) atoms. The Labute approximate surface area is 110 Å². The number of nitro groups is 1. The van der Waals surface area contributed by atoms with Gasteiger partial charge in [0.25, 0.3) is 5.69 Å². The molecule has 0 amide bonds. The van der Waals surface area contributed by atoms with Crippen LogP contribution in [0.15, 0.2) is 60.8 Å². The number of fused-ring (bicyclic) bond motifs is 1. The summed E-state index contributed by atoms with van der Waals surface area (Å²) in [7, 11) is 0. The van der Waals surface area contributed by atoms with E-state index in [4.69, 9.17) is 0 Å². The van der Waals surface area contributed by atoms with E-state index in [-0.39, 0.29) is 10.6 Å². The first kappa shape index (κ1) is 11.5. The van der Waals surface area contributed by atoms with E-state index in [2.05, 4.69) is 0 Å². The van der Waals surface area contributed by atoms with Crippen LogP contribution >= 0.6 is 0 Å². The molecule has 94 valence electrons. The second-order valence-electron chi connectivity index (χ2n) is 4.40. The molecule has 0 saturated carbocycles. The normalized spacial score (nSPS) is 10.7. The average Bonchev–Trinajstić information content (AvgIpc) is 2.79. The van der Waals surface area contributed by atoms with Crippen LogP contribution in [0, 0.1) is 10.1 Å². The molecule has 0 saturated heterocycles. The summed E-state index contributed by atoms with van der Waals surface area (Å²) in [6.07, 6.45) is 1.61. The Morgan fingerprint density at radius 1 is 1.00 bits per heavy atom. The molecule has 0 aliphatic rings. The van der Waals surface area contributed by atoms with Crippen LogP contribution in [0.2, 0.25) is 0 Å². The van der Waals surface area contributed by atoms with Gasteiger partial charge in [0.2, 0.25) is 0 Å². The van der Waals surface area contributed by atoms with Gasteiger partial charge in [0.1, 0.15) is 0 Å². The Morgan fingerprint density at radius 3 is 2.42 bits per heavy atom. The number of benzene rings is 2. The molecule has 0 fully saturated rings. The Hall–Kier alpha value is -2.62. The van der Waals surface area contributed by atoms with Crippen molar-refractivity contribution in [1.29, 1.82) is 0 Å². The maximum absolute atomic E-state index is 11.1.